The highest BCUT2D eigenvalue weighted by Gasteiger charge is 2.01. The third kappa shape index (κ3) is 15.6. The summed E-state index contributed by atoms with van der Waals surface area (Å²) < 4.78 is 0. The van der Waals surface area contributed by atoms with Crippen molar-refractivity contribution in [1.29, 1.82) is 0 Å². The highest BCUT2D eigenvalue weighted by Crippen LogP contribution is 2.19. The summed E-state index contributed by atoms with van der Waals surface area (Å²) in [6.45, 7) is 8.53. The standard InChI is InChI=1S/C36H50N4.4ClH/c1(3-9-23-37-25-13-27-39-29-33-19-11-17-31-15-5-7-21-35(31)33)2-4-10-24-38-26-14-28-40-30-34-20-12-18-32-16-6-8-22-36(32)34;;;;/h5-8,11-12,15-22,37-40H,1-4,9-10,13-14,23-30H2;4*1H. The Morgan fingerprint density at radius 3 is 1.11 bits per heavy atom. The summed E-state index contributed by atoms with van der Waals surface area (Å²) in [5.74, 6) is 0. The second kappa shape index (κ2) is 26.6. The molecule has 4 N–H and O–H groups in total. The molecule has 4 rings (SSSR count). The predicted molar refractivity (Wildman–Crippen MR) is 203 cm³/mol. The molecular formula is C36H54Cl4N4. The summed E-state index contributed by atoms with van der Waals surface area (Å²) in [6, 6.07) is 30.5. The van der Waals surface area contributed by atoms with Gasteiger partial charge in [-0.1, -0.05) is 111 Å². The summed E-state index contributed by atoms with van der Waals surface area (Å²) >= 11 is 0. The third-order valence-corrected chi connectivity index (χ3v) is 7.76. The maximum atomic E-state index is 3.62. The van der Waals surface area contributed by atoms with Crippen LogP contribution < -0.4 is 21.3 Å². The molecule has 0 saturated heterocycles. The summed E-state index contributed by atoms with van der Waals surface area (Å²) in [5, 5.41) is 19.8. The lowest BCUT2D eigenvalue weighted by atomic mass is 10.0. The first-order valence-corrected chi connectivity index (χ1v) is 15.7. The van der Waals surface area contributed by atoms with Crippen molar-refractivity contribution in [2.24, 2.45) is 0 Å². The van der Waals surface area contributed by atoms with Crippen LogP contribution in [0.4, 0.5) is 0 Å². The Balaban J connectivity index is 0.00000462. The quantitative estimate of drug-likeness (QED) is 0.0663. The fourth-order valence-corrected chi connectivity index (χ4v) is 5.47. The summed E-state index contributed by atoms with van der Waals surface area (Å²) in [5.41, 5.74) is 2.78. The van der Waals surface area contributed by atoms with Crippen molar-refractivity contribution in [1.82, 2.24) is 21.3 Å². The van der Waals surface area contributed by atoms with E-state index in [2.05, 4.69) is 106 Å². The average Bonchev–Trinajstić information content (AvgIpc) is 3.00. The number of rotatable bonds is 21. The molecule has 4 nitrogen and oxygen atoms in total. The van der Waals surface area contributed by atoms with E-state index in [-0.39, 0.29) is 49.6 Å². The molecule has 0 fully saturated rings. The van der Waals surface area contributed by atoms with E-state index in [1.54, 1.807) is 0 Å². The Bertz CT molecular complexity index is 1150. The number of unbranched alkanes of at least 4 members (excludes halogenated alkanes) is 5. The second-order valence-electron chi connectivity index (χ2n) is 11.0. The molecule has 0 bridgehead atoms. The number of fused-ring (bicyclic) bond motifs is 2. The Hall–Kier alpha value is -1.60. The van der Waals surface area contributed by atoms with E-state index in [1.165, 1.54) is 84.0 Å². The molecule has 8 heteroatoms. The fourth-order valence-electron chi connectivity index (χ4n) is 5.47. The summed E-state index contributed by atoms with van der Waals surface area (Å²) in [6.07, 6.45) is 10.4. The van der Waals surface area contributed by atoms with Gasteiger partial charge >= 0.3 is 0 Å². The van der Waals surface area contributed by atoms with Crippen LogP contribution in [0.15, 0.2) is 84.9 Å². The molecule has 0 radical (unpaired) electrons. The molecule has 246 valence electrons. The van der Waals surface area contributed by atoms with Crippen LogP contribution in [0.2, 0.25) is 0 Å². The van der Waals surface area contributed by atoms with Crippen LogP contribution in [0.25, 0.3) is 21.5 Å². The molecule has 4 aromatic carbocycles. The molecule has 0 atom stereocenters. The van der Waals surface area contributed by atoms with Gasteiger partial charge in [0.1, 0.15) is 0 Å². The van der Waals surface area contributed by atoms with Gasteiger partial charge in [-0.25, -0.2) is 0 Å². The van der Waals surface area contributed by atoms with E-state index in [4.69, 9.17) is 0 Å². The van der Waals surface area contributed by atoms with Gasteiger partial charge in [0.25, 0.3) is 0 Å². The largest absolute Gasteiger partial charge is 0.317 e. The highest BCUT2D eigenvalue weighted by atomic mass is 35.5. The average molecular weight is 685 g/mol. The van der Waals surface area contributed by atoms with E-state index >= 15 is 0 Å². The smallest absolute Gasteiger partial charge is 0.0211 e. The normalized spacial score (nSPS) is 10.5. The number of benzene rings is 4. The molecule has 0 aromatic heterocycles. The van der Waals surface area contributed by atoms with E-state index < -0.39 is 0 Å². The van der Waals surface area contributed by atoms with Crippen molar-refractivity contribution < 1.29 is 0 Å². The molecular weight excluding hydrogens is 630 g/mol. The van der Waals surface area contributed by atoms with Crippen LogP contribution in [0.5, 0.6) is 0 Å². The lowest BCUT2D eigenvalue weighted by molar-refractivity contribution is 0.534. The molecule has 0 amide bonds. The Kier molecular flexibility index (Phi) is 25.6. The number of hydrogen-bond acceptors (Lipinski definition) is 4. The fraction of sp³-hybridized carbons (Fsp3) is 0.444. The first-order chi connectivity index (χ1) is 19.9. The molecule has 0 aliphatic rings. The van der Waals surface area contributed by atoms with E-state index in [9.17, 15) is 0 Å². The van der Waals surface area contributed by atoms with E-state index in [1.807, 2.05) is 0 Å². The lowest BCUT2D eigenvalue weighted by Crippen LogP contribution is -2.22. The van der Waals surface area contributed by atoms with Crippen LogP contribution in [0, 0.1) is 0 Å². The van der Waals surface area contributed by atoms with Gasteiger partial charge in [-0.05, 0) is 97.6 Å². The molecule has 0 saturated carbocycles. The molecule has 4 aromatic rings. The van der Waals surface area contributed by atoms with Gasteiger partial charge in [-0.15, -0.1) is 49.6 Å². The van der Waals surface area contributed by atoms with Crippen LogP contribution in [0.1, 0.15) is 62.5 Å². The summed E-state index contributed by atoms with van der Waals surface area (Å²) in [7, 11) is 0. The zero-order chi connectivity index (χ0) is 27.5. The van der Waals surface area contributed by atoms with Gasteiger partial charge in [-0.3, -0.25) is 0 Å². The van der Waals surface area contributed by atoms with Crippen molar-refractivity contribution in [3.63, 3.8) is 0 Å². The number of halogens is 4. The van der Waals surface area contributed by atoms with Gasteiger partial charge in [-0.2, -0.15) is 0 Å². The van der Waals surface area contributed by atoms with Crippen LogP contribution in [-0.2, 0) is 13.1 Å². The molecule has 0 unspecified atom stereocenters. The van der Waals surface area contributed by atoms with Crippen molar-refractivity contribution in [3.05, 3.63) is 96.1 Å². The monoisotopic (exact) mass is 682 g/mol. The lowest BCUT2D eigenvalue weighted by Gasteiger charge is -2.09. The Morgan fingerprint density at radius 1 is 0.318 bits per heavy atom. The molecule has 0 aliphatic carbocycles. The maximum absolute atomic E-state index is 3.62. The minimum Gasteiger partial charge on any atom is -0.317 e. The van der Waals surface area contributed by atoms with Crippen molar-refractivity contribution in [2.75, 3.05) is 39.3 Å². The summed E-state index contributed by atoms with van der Waals surface area (Å²) in [4.78, 5) is 0. The van der Waals surface area contributed by atoms with Gasteiger partial charge in [0.2, 0.25) is 0 Å². The van der Waals surface area contributed by atoms with Crippen LogP contribution in [0.3, 0.4) is 0 Å². The van der Waals surface area contributed by atoms with Gasteiger partial charge in [0, 0.05) is 13.1 Å². The first kappa shape index (κ1) is 42.4. The van der Waals surface area contributed by atoms with Crippen LogP contribution in [-0.4, -0.2) is 39.3 Å². The SMILES string of the molecule is Cl.Cl.Cl.Cl.c1ccc2c(CNCCCNCCCCCCCCNCCCNCc3cccc4ccccc34)cccc2c1. The number of hydrogen-bond donors (Lipinski definition) is 4. The molecule has 0 aliphatic heterocycles. The molecule has 0 spiro atoms. The minimum absolute atomic E-state index is 0. The number of nitrogens with one attached hydrogen (secondary N) is 4. The van der Waals surface area contributed by atoms with Crippen molar-refractivity contribution in [3.8, 4) is 0 Å². The zero-order valence-corrected chi connectivity index (χ0v) is 29.3. The van der Waals surface area contributed by atoms with E-state index in [0.717, 1.165) is 52.4 Å². The van der Waals surface area contributed by atoms with Crippen LogP contribution >= 0.6 is 49.6 Å². The Labute approximate surface area is 291 Å². The van der Waals surface area contributed by atoms with Gasteiger partial charge in [0.15, 0.2) is 0 Å². The molecule has 44 heavy (non-hydrogen) atoms. The highest BCUT2D eigenvalue weighted by molar-refractivity contribution is 5.87. The van der Waals surface area contributed by atoms with Gasteiger partial charge < -0.3 is 21.3 Å². The van der Waals surface area contributed by atoms with E-state index in [0.29, 0.717) is 0 Å². The third-order valence-electron chi connectivity index (χ3n) is 7.76. The molecule has 0 heterocycles. The second-order valence-corrected chi connectivity index (χ2v) is 11.0. The maximum Gasteiger partial charge on any atom is 0.0211 e. The zero-order valence-electron chi connectivity index (χ0n) is 26.0. The predicted octanol–water partition coefficient (Wildman–Crippen LogP) is 8.86. The first-order valence-electron chi connectivity index (χ1n) is 15.7. The van der Waals surface area contributed by atoms with Crippen molar-refractivity contribution >= 4 is 71.2 Å². The topological polar surface area (TPSA) is 48.1 Å². The van der Waals surface area contributed by atoms with Gasteiger partial charge in [0.05, 0.1) is 0 Å². The van der Waals surface area contributed by atoms with Crippen molar-refractivity contribution in [2.45, 2.75) is 64.5 Å². The minimum atomic E-state index is 0. The Morgan fingerprint density at radius 2 is 0.659 bits per heavy atom.